The molecule has 0 amide bonds. The van der Waals surface area contributed by atoms with Crippen LogP contribution in [0.5, 0.6) is 0 Å². The van der Waals surface area contributed by atoms with Crippen molar-refractivity contribution in [3.8, 4) is 6.07 Å². The number of hydrogen-bond acceptors (Lipinski definition) is 2. The van der Waals surface area contributed by atoms with E-state index in [0.29, 0.717) is 12.1 Å². The SMILES string of the molecule is N#Cc1ccc2ccn(Cc3ccccc3N)c2c1. The number of para-hydroxylation sites is 1. The number of nitriles is 1. The Morgan fingerprint density at radius 2 is 1.95 bits per heavy atom. The molecular formula is C16H13N3. The van der Waals surface area contributed by atoms with Gasteiger partial charge in [0, 0.05) is 23.9 Å². The summed E-state index contributed by atoms with van der Waals surface area (Å²) < 4.78 is 2.11. The summed E-state index contributed by atoms with van der Waals surface area (Å²) in [5, 5.41) is 10.1. The number of nitrogens with two attached hydrogens (primary N) is 1. The van der Waals surface area contributed by atoms with Gasteiger partial charge in [-0.15, -0.1) is 0 Å². The molecule has 3 heteroatoms. The van der Waals surface area contributed by atoms with Crippen molar-refractivity contribution >= 4 is 16.6 Å². The van der Waals surface area contributed by atoms with Crippen molar-refractivity contribution in [2.45, 2.75) is 6.54 Å². The normalized spacial score (nSPS) is 10.5. The molecule has 0 saturated heterocycles. The van der Waals surface area contributed by atoms with Gasteiger partial charge in [-0.3, -0.25) is 0 Å². The third-order valence-electron chi connectivity index (χ3n) is 3.30. The molecule has 1 aromatic heterocycles. The maximum Gasteiger partial charge on any atom is 0.0992 e. The van der Waals surface area contributed by atoms with Gasteiger partial charge in [-0.05, 0) is 35.2 Å². The lowest BCUT2D eigenvalue weighted by atomic mass is 10.1. The average Bonchev–Trinajstić information content (AvgIpc) is 2.84. The molecule has 0 unspecified atom stereocenters. The molecule has 2 aromatic carbocycles. The van der Waals surface area contributed by atoms with Crippen LogP contribution in [0.3, 0.4) is 0 Å². The van der Waals surface area contributed by atoms with Crippen molar-refractivity contribution in [1.82, 2.24) is 4.57 Å². The van der Waals surface area contributed by atoms with E-state index in [4.69, 9.17) is 11.0 Å². The van der Waals surface area contributed by atoms with E-state index in [1.807, 2.05) is 48.7 Å². The van der Waals surface area contributed by atoms with Crippen LogP contribution in [0.1, 0.15) is 11.1 Å². The second kappa shape index (κ2) is 4.51. The van der Waals surface area contributed by atoms with E-state index in [2.05, 4.69) is 16.7 Å². The number of nitrogen functional groups attached to an aromatic ring is 1. The fourth-order valence-corrected chi connectivity index (χ4v) is 2.25. The molecule has 0 aliphatic rings. The average molecular weight is 247 g/mol. The van der Waals surface area contributed by atoms with Crippen LogP contribution in [0, 0.1) is 11.3 Å². The molecule has 0 aliphatic carbocycles. The van der Waals surface area contributed by atoms with Crippen molar-refractivity contribution in [2.24, 2.45) is 0 Å². The minimum absolute atomic E-state index is 0.675. The minimum atomic E-state index is 0.675. The highest BCUT2D eigenvalue weighted by Crippen LogP contribution is 2.20. The lowest BCUT2D eigenvalue weighted by molar-refractivity contribution is 0.839. The molecule has 92 valence electrons. The van der Waals surface area contributed by atoms with Crippen LogP contribution in [-0.2, 0) is 6.54 Å². The van der Waals surface area contributed by atoms with Crippen LogP contribution in [0.4, 0.5) is 5.69 Å². The Morgan fingerprint density at radius 1 is 1.11 bits per heavy atom. The van der Waals surface area contributed by atoms with E-state index >= 15 is 0 Å². The van der Waals surface area contributed by atoms with Gasteiger partial charge in [-0.2, -0.15) is 5.26 Å². The maximum absolute atomic E-state index is 8.98. The Hall–Kier alpha value is -2.73. The summed E-state index contributed by atoms with van der Waals surface area (Å²) in [5.74, 6) is 0. The van der Waals surface area contributed by atoms with Gasteiger partial charge >= 0.3 is 0 Å². The highest BCUT2D eigenvalue weighted by molar-refractivity contribution is 5.81. The van der Waals surface area contributed by atoms with E-state index < -0.39 is 0 Å². The molecule has 3 aromatic rings. The Bertz CT molecular complexity index is 778. The summed E-state index contributed by atoms with van der Waals surface area (Å²) in [7, 11) is 0. The predicted molar refractivity (Wildman–Crippen MR) is 76.6 cm³/mol. The number of hydrogen-bond donors (Lipinski definition) is 1. The standard InChI is InChI=1S/C16H13N3/c17-10-12-5-6-13-7-8-19(16(13)9-12)11-14-3-1-2-4-15(14)18/h1-9H,11,18H2. The minimum Gasteiger partial charge on any atom is -0.398 e. The number of rotatable bonds is 2. The maximum atomic E-state index is 8.98. The third-order valence-corrected chi connectivity index (χ3v) is 3.30. The highest BCUT2D eigenvalue weighted by Gasteiger charge is 2.04. The van der Waals surface area contributed by atoms with E-state index in [0.717, 1.165) is 22.2 Å². The fraction of sp³-hybridized carbons (Fsp3) is 0.0625. The van der Waals surface area contributed by atoms with Crippen molar-refractivity contribution < 1.29 is 0 Å². The summed E-state index contributed by atoms with van der Waals surface area (Å²) >= 11 is 0. The van der Waals surface area contributed by atoms with Gasteiger partial charge in [0.1, 0.15) is 0 Å². The monoisotopic (exact) mass is 247 g/mol. The summed E-state index contributed by atoms with van der Waals surface area (Å²) in [4.78, 5) is 0. The van der Waals surface area contributed by atoms with Crippen molar-refractivity contribution in [3.05, 3.63) is 65.9 Å². The van der Waals surface area contributed by atoms with Crippen LogP contribution in [0.2, 0.25) is 0 Å². The lowest BCUT2D eigenvalue weighted by Crippen LogP contribution is -2.01. The largest absolute Gasteiger partial charge is 0.398 e. The van der Waals surface area contributed by atoms with E-state index in [-0.39, 0.29) is 0 Å². The van der Waals surface area contributed by atoms with Gasteiger partial charge in [0.05, 0.1) is 11.6 Å². The van der Waals surface area contributed by atoms with Gasteiger partial charge in [0.25, 0.3) is 0 Å². The number of nitrogens with zero attached hydrogens (tertiary/aromatic N) is 2. The van der Waals surface area contributed by atoms with Crippen LogP contribution < -0.4 is 5.73 Å². The van der Waals surface area contributed by atoms with Crippen molar-refractivity contribution in [1.29, 1.82) is 5.26 Å². The molecule has 2 N–H and O–H groups in total. The zero-order chi connectivity index (χ0) is 13.2. The number of benzene rings is 2. The number of fused-ring (bicyclic) bond motifs is 1. The second-order valence-corrected chi connectivity index (χ2v) is 4.53. The Morgan fingerprint density at radius 3 is 2.74 bits per heavy atom. The molecule has 3 rings (SSSR count). The summed E-state index contributed by atoms with van der Waals surface area (Å²) in [5.41, 5.74) is 9.58. The third kappa shape index (κ3) is 2.04. The first-order valence-corrected chi connectivity index (χ1v) is 6.10. The second-order valence-electron chi connectivity index (χ2n) is 4.53. The highest BCUT2D eigenvalue weighted by atomic mass is 15.0. The van der Waals surface area contributed by atoms with Crippen LogP contribution >= 0.6 is 0 Å². The molecule has 0 atom stereocenters. The first-order valence-electron chi connectivity index (χ1n) is 6.10. The molecule has 0 spiro atoms. The van der Waals surface area contributed by atoms with Gasteiger partial charge in [-0.25, -0.2) is 0 Å². The molecule has 1 heterocycles. The van der Waals surface area contributed by atoms with Gasteiger partial charge in [0.2, 0.25) is 0 Å². The van der Waals surface area contributed by atoms with E-state index in [1.54, 1.807) is 0 Å². The molecule has 0 saturated carbocycles. The molecule has 0 bridgehead atoms. The van der Waals surface area contributed by atoms with Crippen molar-refractivity contribution in [2.75, 3.05) is 5.73 Å². The summed E-state index contributed by atoms with van der Waals surface area (Å²) in [6.07, 6.45) is 2.03. The first-order chi connectivity index (χ1) is 9.28. The Kier molecular flexibility index (Phi) is 2.70. The predicted octanol–water partition coefficient (Wildman–Crippen LogP) is 3.14. The van der Waals surface area contributed by atoms with Gasteiger partial charge in [-0.1, -0.05) is 24.3 Å². The smallest absolute Gasteiger partial charge is 0.0992 e. The molecule has 3 nitrogen and oxygen atoms in total. The van der Waals surface area contributed by atoms with Gasteiger partial charge < -0.3 is 10.3 Å². The zero-order valence-corrected chi connectivity index (χ0v) is 10.4. The molecule has 19 heavy (non-hydrogen) atoms. The quantitative estimate of drug-likeness (QED) is 0.707. The Balaban J connectivity index is 2.06. The van der Waals surface area contributed by atoms with E-state index in [9.17, 15) is 0 Å². The van der Waals surface area contributed by atoms with Crippen LogP contribution in [0.25, 0.3) is 10.9 Å². The number of aromatic nitrogens is 1. The molecule has 0 radical (unpaired) electrons. The summed E-state index contributed by atoms with van der Waals surface area (Å²) in [6.45, 7) is 0.713. The lowest BCUT2D eigenvalue weighted by Gasteiger charge is -2.08. The van der Waals surface area contributed by atoms with Crippen molar-refractivity contribution in [3.63, 3.8) is 0 Å². The van der Waals surface area contributed by atoms with Gasteiger partial charge in [0.15, 0.2) is 0 Å². The Labute approximate surface area is 111 Å². The molecular weight excluding hydrogens is 234 g/mol. The first kappa shape index (κ1) is 11.4. The van der Waals surface area contributed by atoms with E-state index in [1.165, 1.54) is 0 Å². The van der Waals surface area contributed by atoms with Crippen LogP contribution in [-0.4, -0.2) is 4.57 Å². The summed E-state index contributed by atoms with van der Waals surface area (Å²) in [6, 6.07) is 17.8. The molecule has 0 aliphatic heterocycles. The molecule has 0 fully saturated rings. The number of anilines is 1. The van der Waals surface area contributed by atoms with Crippen LogP contribution in [0.15, 0.2) is 54.7 Å². The zero-order valence-electron chi connectivity index (χ0n) is 10.4. The topological polar surface area (TPSA) is 54.7 Å². The fourth-order valence-electron chi connectivity index (χ4n) is 2.25.